The maximum absolute atomic E-state index is 12.5. The number of aromatic nitrogens is 1. The van der Waals surface area contributed by atoms with Gasteiger partial charge in [-0.15, -0.1) is 0 Å². The van der Waals surface area contributed by atoms with Crippen molar-refractivity contribution in [3.63, 3.8) is 0 Å². The fourth-order valence-electron chi connectivity index (χ4n) is 3.13. The quantitative estimate of drug-likeness (QED) is 0.702. The van der Waals surface area contributed by atoms with Crippen LogP contribution in [0.15, 0.2) is 47.5 Å². The maximum Gasteiger partial charge on any atom is 0.261 e. The molecule has 3 N–H and O–H groups in total. The monoisotopic (exact) mass is 388 g/mol. The molecule has 27 heavy (non-hydrogen) atoms. The molecule has 1 heterocycles. The molecule has 1 aliphatic carbocycles. The molecule has 0 aliphatic heterocycles. The predicted molar refractivity (Wildman–Crippen MR) is 106 cm³/mol. The van der Waals surface area contributed by atoms with Gasteiger partial charge in [0.25, 0.3) is 10.0 Å². The van der Waals surface area contributed by atoms with E-state index in [2.05, 4.69) is 20.3 Å². The highest BCUT2D eigenvalue weighted by molar-refractivity contribution is 7.92. The van der Waals surface area contributed by atoms with Gasteiger partial charge in [0.05, 0.1) is 16.8 Å². The molecule has 2 aromatic rings. The minimum absolute atomic E-state index is 0.112. The molecule has 144 valence electrons. The van der Waals surface area contributed by atoms with Crippen LogP contribution in [-0.2, 0) is 14.8 Å². The Hall–Kier alpha value is -2.61. The van der Waals surface area contributed by atoms with E-state index in [0.717, 1.165) is 18.7 Å². The molecule has 1 amide bonds. The van der Waals surface area contributed by atoms with Crippen LogP contribution in [0, 0.1) is 0 Å². The number of anilines is 3. The highest BCUT2D eigenvalue weighted by Crippen LogP contribution is 2.22. The maximum atomic E-state index is 12.5. The zero-order valence-corrected chi connectivity index (χ0v) is 16.1. The van der Waals surface area contributed by atoms with Gasteiger partial charge in [-0.3, -0.25) is 9.52 Å². The number of rotatable bonds is 6. The van der Waals surface area contributed by atoms with Gasteiger partial charge < -0.3 is 10.6 Å². The summed E-state index contributed by atoms with van der Waals surface area (Å²) in [6, 6.07) is 9.90. The number of hydrogen-bond donors (Lipinski definition) is 3. The molecule has 0 radical (unpaired) electrons. The Morgan fingerprint density at radius 1 is 1.00 bits per heavy atom. The minimum atomic E-state index is -3.72. The zero-order valence-electron chi connectivity index (χ0n) is 15.2. The van der Waals surface area contributed by atoms with Gasteiger partial charge in [0.15, 0.2) is 0 Å². The van der Waals surface area contributed by atoms with Crippen LogP contribution < -0.4 is 15.4 Å². The smallest absolute Gasteiger partial charge is 0.261 e. The third-order valence-corrected chi connectivity index (χ3v) is 5.86. The topological polar surface area (TPSA) is 100 Å². The summed E-state index contributed by atoms with van der Waals surface area (Å²) in [6.07, 6.45) is 7.55. The van der Waals surface area contributed by atoms with Crippen LogP contribution in [0.3, 0.4) is 0 Å². The zero-order chi connectivity index (χ0) is 19.3. The molecule has 0 saturated heterocycles. The molecule has 1 aromatic carbocycles. The largest absolute Gasteiger partial charge is 0.367 e. The molecule has 0 unspecified atom stereocenters. The molecule has 1 aromatic heterocycles. The van der Waals surface area contributed by atoms with Crippen molar-refractivity contribution in [2.24, 2.45) is 0 Å². The molecular weight excluding hydrogens is 364 g/mol. The van der Waals surface area contributed by atoms with E-state index in [1.165, 1.54) is 44.5 Å². The van der Waals surface area contributed by atoms with E-state index in [1.54, 1.807) is 24.3 Å². The van der Waals surface area contributed by atoms with Crippen LogP contribution in [0.2, 0.25) is 0 Å². The van der Waals surface area contributed by atoms with Crippen molar-refractivity contribution in [2.45, 2.75) is 50.0 Å². The normalized spacial score (nSPS) is 15.1. The minimum Gasteiger partial charge on any atom is -0.367 e. The first kappa shape index (κ1) is 19.2. The van der Waals surface area contributed by atoms with Crippen molar-refractivity contribution < 1.29 is 13.2 Å². The Labute approximate surface area is 159 Å². The van der Waals surface area contributed by atoms with Gasteiger partial charge in [-0.25, -0.2) is 13.4 Å². The summed E-state index contributed by atoms with van der Waals surface area (Å²) < 4.78 is 27.5. The third kappa shape index (κ3) is 5.43. The summed E-state index contributed by atoms with van der Waals surface area (Å²) in [7, 11) is -3.72. The number of nitrogens with one attached hydrogen (secondary N) is 3. The van der Waals surface area contributed by atoms with E-state index in [0.29, 0.717) is 17.4 Å². The lowest BCUT2D eigenvalue weighted by molar-refractivity contribution is -0.114. The number of amides is 1. The Morgan fingerprint density at radius 2 is 1.67 bits per heavy atom. The second-order valence-corrected chi connectivity index (χ2v) is 8.40. The van der Waals surface area contributed by atoms with Crippen molar-refractivity contribution in [2.75, 3.05) is 15.4 Å². The molecule has 0 atom stereocenters. The molecule has 0 bridgehead atoms. The van der Waals surface area contributed by atoms with Gasteiger partial charge in [0.2, 0.25) is 5.91 Å². The van der Waals surface area contributed by atoms with Crippen LogP contribution in [-0.4, -0.2) is 25.4 Å². The molecule has 1 aliphatic rings. The van der Waals surface area contributed by atoms with Crippen LogP contribution in [0.25, 0.3) is 0 Å². The average Bonchev–Trinajstić information content (AvgIpc) is 2.64. The lowest BCUT2D eigenvalue weighted by Gasteiger charge is -2.23. The van der Waals surface area contributed by atoms with Gasteiger partial charge in [-0.05, 0) is 49.2 Å². The van der Waals surface area contributed by atoms with Crippen molar-refractivity contribution in [1.29, 1.82) is 0 Å². The van der Waals surface area contributed by atoms with Crippen molar-refractivity contribution in [3.8, 4) is 0 Å². The summed E-state index contributed by atoms with van der Waals surface area (Å²) >= 11 is 0. The fourth-order valence-corrected chi connectivity index (χ4v) is 4.17. The fraction of sp³-hybridized carbons (Fsp3) is 0.368. The number of benzene rings is 1. The van der Waals surface area contributed by atoms with Gasteiger partial charge in [0.1, 0.15) is 5.82 Å². The first-order chi connectivity index (χ1) is 12.9. The van der Waals surface area contributed by atoms with Crippen LogP contribution >= 0.6 is 0 Å². The number of nitrogens with zero attached hydrogens (tertiary/aromatic N) is 1. The molecule has 8 heteroatoms. The van der Waals surface area contributed by atoms with E-state index in [9.17, 15) is 13.2 Å². The number of sulfonamides is 1. The summed E-state index contributed by atoms with van der Waals surface area (Å²) in [6.45, 7) is 1.39. The Kier molecular flexibility index (Phi) is 5.95. The standard InChI is InChI=1S/C19H24N4O3S/c1-14(24)21-16-7-10-18(11-8-16)27(25,26)23-17-9-12-19(20-13-17)22-15-5-3-2-4-6-15/h7-13,15,23H,2-6H2,1H3,(H,20,22)(H,21,24). The lowest BCUT2D eigenvalue weighted by atomic mass is 9.95. The highest BCUT2D eigenvalue weighted by Gasteiger charge is 2.16. The van der Waals surface area contributed by atoms with Crippen molar-refractivity contribution >= 4 is 33.1 Å². The van der Waals surface area contributed by atoms with Gasteiger partial charge >= 0.3 is 0 Å². The second kappa shape index (κ2) is 8.39. The molecule has 3 rings (SSSR count). The first-order valence-corrected chi connectivity index (χ1v) is 10.5. The number of carbonyl (C=O) groups excluding carboxylic acids is 1. The number of pyridine rings is 1. The third-order valence-electron chi connectivity index (χ3n) is 4.46. The number of hydrogen-bond acceptors (Lipinski definition) is 5. The van der Waals surface area contributed by atoms with E-state index in [4.69, 9.17) is 0 Å². The van der Waals surface area contributed by atoms with Gasteiger partial charge in [-0.1, -0.05) is 19.3 Å². The predicted octanol–water partition coefficient (Wildman–Crippen LogP) is 3.59. The van der Waals surface area contributed by atoms with E-state index in [-0.39, 0.29) is 10.8 Å². The molecule has 1 fully saturated rings. The van der Waals surface area contributed by atoms with E-state index in [1.807, 2.05) is 0 Å². The molecule has 1 saturated carbocycles. The Morgan fingerprint density at radius 3 is 2.26 bits per heavy atom. The summed E-state index contributed by atoms with van der Waals surface area (Å²) in [5.41, 5.74) is 0.941. The SMILES string of the molecule is CC(=O)Nc1ccc(S(=O)(=O)Nc2ccc(NC3CCCCC3)nc2)cc1. The first-order valence-electron chi connectivity index (χ1n) is 9.05. The van der Waals surface area contributed by atoms with Crippen molar-refractivity contribution in [3.05, 3.63) is 42.6 Å². The van der Waals surface area contributed by atoms with Crippen molar-refractivity contribution in [1.82, 2.24) is 4.98 Å². The molecule has 7 nitrogen and oxygen atoms in total. The highest BCUT2D eigenvalue weighted by atomic mass is 32.2. The van der Waals surface area contributed by atoms with Crippen LogP contribution in [0.1, 0.15) is 39.0 Å². The summed E-state index contributed by atoms with van der Waals surface area (Å²) in [4.78, 5) is 15.5. The summed E-state index contributed by atoms with van der Waals surface area (Å²) in [5, 5.41) is 6.00. The van der Waals surface area contributed by atoms with Crippen LogP contribution in [0.4, 0.5) is 17.2 Å². The molecule has 0 spiro atoms. The second-order valence-electron chi connectivity index (χ2n) is 6.72. The number of carbonyl (C=O) groups is 1. The van der Waals surface area contributed by atoms with Gasteiger partial charge in [0, 0.05) is 18.7 Å². The lowest BCUT2D eigenvalue weighted by Crippen LogP contribution is -2.22. The Bertz CT molecular complexity index is 874. The Balaban J connectivity index is 1.63. The van der Waals surface area contributed by atoms with Crippen LogP contribution in [0.5, 0.6) is 0 Å². The summed E-state index contributed by atoms with van der Waals surface area (Å²) in [5.74, 6) is 0.543. The van der Waals surface area contributed by atoms with Gasteiger partial charge in [-0.2, -0.15) is 0 Å². The molecular formula is C19H24N4O3S. The average molecular weight is 388 g/mol. The van der Waals surface area contributed by atoms with E-state index >= 15 is 0 Å². The van der Waals surface area contributed by atoms with E-state index < -0.39 is 10.0 Å².